The molecule has 0 rings (SSSR count). The van der Waals surface area contributed by atoms with Gasteiger partial charge in [0.05, 0.1) is 34.4 Å². The zero-order chi connectivity index (χ0) is 56.9. The standard InChI is InChI=1S/C69H125NO8/c1-6-8-10-12-14-16-18-20-22-24-26-28-30-31-32-33-34-35-36-37-38-40-42-44-46-48-50-52-54-56-58-60-67(72)78-65(64-77-69(68(73)74)75-62-61-70(3,4)5)63-76-66(71)59-57-55-53-51-49-47-45-43-41-39-29-27-25-23-21-19-17-15-13-11-9-7-2/h8,10,14,16,20,22,26,28,31-32,65,69H,6-7,9,11-13,15,17-19,21,23-25,27,29-30,33-64H2,1-5H3/p+1/b10-8-,16-14-,22-20-,28-26-,32-31-. The fourth-order valence-electron chi connectivity index (χ4n) is 9.51. The van der Waals surface area contributed by atoms with Gasteiger partial charge in [-0.3, -0.25) is 9.59 Å². The van der Waals surface area contributed by atoms with Crippen LogP contribution in [0.1, 0.15) is 303 Å². The molecule has 454 valence electrons. The topological polar surface area (TPSA) is 108 Å². The zero-order valence-corrected chi connectivity index (χ0v) is 51.8. The molecule has 0 saturated carbocycles. The molecule has 2 unspecified atom stereocenters. The number of hydrogen-bond donors (Lipinski definition) is 1. The molecule has 0 spiro atoms. The van der Waals surface area contributed by atoms with Crippen LogP contribution in [-0.2, 0) is 33.3 Å². The molecule has 0 aromatic carbocycles. The van der Waals surface area contributed by atoms with Gasteiger partial charge in [-0.05, 0) is 57.8 Å². The summed E-state index contributed by atoms with van der Waals surface area (Å²) in [5.74, 6) is -1.99. The van der Waals surface area contributed by atoms with Crippen molar-refractivity contribution >= 4 is 17.9 Å². The van der Waals surface area contributed by atoms with Crippen LogP contribution < -0.4 is 0 Å². The van der Waals surface area contributed by atoms with Gasteiger partial charge in [-0.1, -0.05) is 293 Å². The highest BCUT2D eigenvalue weighted by Crippen LogP contribution is 2.18. The van der Waals surface area contributed by atoms with Gasteiger partial charge in [0.1, 0.15) is 13.2 Å². The number of carboxylic acids is 1. The van der Waals surface area contributed by atoms with E-state index in [1.807, 2.05) is 21.1 Å². The number of likely N-dealkylation sites (N-methyl/N-ethyl adjacent to an activating group) is 1. The number of hydrogen-bond acceptors (Lipinski definition) is 7. The Morgan fingerprint density at radius 3 is 1.09 bits per heavy atom. The van der Waals surface area contributed by atoms with Crippen molar-refractivity contribution in [1.82, 2.24) is 0 Å². The number of carbonyl (C=O) groups excluding carboxylic acids is 2. The number of ether oxygens (including phenoxy) is 4. The summed E-state index contributed by atoms with van der Waals surface area (Å²) in [5, 5.41) is 9.73. The van der Waals surface area contributed by atoms with E-state index < -0.39 is 24.3 Å². The molecule has 78 heavy (non-hydrogen) atoms. The molecular weight excluding hydrogens is 971 g/mol. The van der Waals surface area contributed by atoms with Crippen molar-refractivity contribution in [3.8, 4) is 0 Å². The van der Waals surface area contributed by atoms with Crippen molar-refractivity contribution in [2.75, 3.05) is 47.5 Å². The predicted octanol–water partition coefficient (Wildman–Crippen LogP) is 20.0. The number of allylic oxidation sites excluding steroid dienone is 10. The van der Waals surface area contributed by atoms with Crippen LogP contribution >= 0.6 is 0 Å². The average molecular weight is 1100 g/mol. The summed E-state index contributed by atoms with van der Waals surface area (Å²) in [6.45, 7) is 4.81. The molecule has 2 atom stereocenters. The lowest BCUT2D eigenvalue weighted by Gasteiger charge is -2.25. The maximum Gasteiger partial charge on any atom is 0.361 e. The second kappa shape index (κ2) is 60.1. The SMILES string of the molecule is CC/C=C\C/C=C\C/C=C\C/C=C\C/C=C\CCCCCCCCCCCCCCCCCC(=O)OC(COC(=O)CCCCCCCCCCCCCCCCCCCCCCCC)COC(OCC[N+](C)(C)C)C(=O)O. The number of esters is 2. The molecule has 0 aliphatic carbocycles. The van der Waals surface area contributed by atoms with Gasteiger partial charge in [0.25, 0.3) is 6.29 Å². The molecule has 0 aromatic heterocycles. The van der Waals surface area contributed by atoms with Crippen molar-refractivity contribution in [2.24, 2.45) is 0 Å². The molecule has 0 amide bonds. The summed E-state index contributed by atoms with van der Waals surface area (Å²) in [5.41, 5.74) is 0. The Bertz CT molecular complexity index is 1460. The third-order valence-corrected chi connectivity index (χ3v) is 14.5. The molecule has 0 radical (unpaired) electrons. The minimum absolute atomic E-state index is 0.178. The number of carbonyl (C=O) groups is 3. The van der Waals surface area contributed by atoms with Crippen molar-refractivity contribution < 1.29 is 42.9 Å². The van der Waals surface area contributed by atoms with Crippen molar-refractivity contribution in [3.05, 3.63) is 60.8 Å². The van der Waals surface area contributed by atoms with Crippen LogP contribution in [0.25, 0.3) is 0 Å². The molecule has 0 fully saturated rings. The Hall–Kier alpha value is -3.01. The maximum absolute atomic E-state index is 12.9. The monoisotopic (exact) mass is 1100 g/mol. The van der Waals surface area contributed by atoms with Gasteiger partial charge in [-0.25, -0.2) is 4.79 Å². The molecule has 0 aliphatic heterocycles. The van der Waals surface area contributed by atoms with Gasteiger partial charge in [0.2, 0.25) is 0 Å². The third-order valence-electron chi connectivity index (χ3n) is 14.5. The van der Waals surface area contributed by atoms with Crippen LogP contribution in [0.5, 0.6) is 0 Å². The predicted molar refractivity (Wildman–Crippen MR) is 332 cm³/mol. The Morgan fingerprint density at radius 1 is 0.397 bits per heavy atom. The fraction of sp³-hybridized carbons (Fsp3) is 0.812. The molecule has 9 heteroatoms. The Labute approximate surface area is 482 Å². The first-order valence-corrected chi connectivity index (χ1v) is 33.0. The van der Waals surface area contributed by atoms with Gasteiger partial charge in [-0.2, -0.15) is 0 Å². The van der Waals surface area contributed by atoms with Gasteiger partial charge in [0, 0.05) is 12.8 Å². The van der Waals surface area contributed by atoms with Crippen molar-refractivity contribution in [3.63, 3.8) is 0 Å². The molecule has 0 aromatic rings. The highest BCUT2D eigenvalue weighted by Gasteiger charge is 2.25. The van der Waals surface area contributed by atoms with Crippen LogP contribution in [0, 0.1) is 0 Å². The highest BCUT2D eigenvalue weighted by atomic mass is 16.7. The number of aliphatic carboxylic acids is 1. The van der Waals surface area contributed by atoms with E-state index in [0.29, 0.717) is 17.4 Å². The van der Waals surface area contributed by atoms with Crippen LogP contribution in [0.15, 0.2) is 60.8 Å². The summed E-state index contributed by atoms with van der Waals surface area (Å²) in [6.07, 6.45) is 74.6. The first-order valence-electron chi connectivity index (χ1n) is 33.0. The third kappa shape index (κ3) is 60.6. The van der Waals surface area contributed by atoms with Gasteiger partial charge in [0.15, 0.2) is 6.10 Å². The number of unbranched alkanes of at least 4 members (excludes halogenated alkanes) is 36. The first-order chi connectivity index (χ1) is 38.1. The highest BCUT2D eigenvalue weighted by molar-refractivity contribution is 5.71. The normalized spacial score (nSPS) is 13.1. The molecular formula is C69H126NO8+. The van der Waals surface area contributed by atoms with E-state index in [0.717, 1.165) is 70.6 Å². The summed E-state index contributed by atoms with van der Waals surface area (Å²) < 4.78 is 23.0. The van der Waals surface area contributed by atoms with E-state index in [4.69, 9.17) is 18.9 Å². The Kier molecular flexibility index (Phi) is 57.8. The lowest BCUT2D eigenvalue weighted by Crippen LogP contribution is -2.40. The molecule has 0 heterocycles. The molecule has 0 saturated heterocycles. The summed E-state index contributed by atoms with van der Waals surface area (Å²) in [6, 6.07) is 0. The van der Waals surface area contributed by atoms with E-state index >= 15 is 0 Å². The molecule has 9 nitrogen and oxygen atoms in total. The van der Waals surface area contributed by atoms with E-state index in [-0.39, 0.29) is 32.2 Å². The second-order valence-electron chi connectivity index (χ2n) is 23.4. The van der Waals surface area contributed by atoms with Gasteiger partial charge < -0.3 is 28.5 Å². The van der Waals surface area contributed by atoms with Gasteiger partial charge >= 0.3 is 17.9 Å². The largest absolute Gasteiger partial charge is 0.477 e. The van der Waals surface area contributed by atoms with Crippen LogP contribution in [0.2, 0.25) is 0 Å². The van der Waals surface area contributed by atoms with E-state index in [2.05, 4.69) is 74.6 Å². The lowest BCUT2D eigenvalue weighted by molar-refractivity contribution is -0.870. The maximum atomic E-state index is 12.9. The average Bonchev–Trinajstić information content (AvgIpc) is 3.41. The Balaban J connectivity index is 4.12. The zero-order valence-electron chi connectivity index (χ0n) is 51.8. The van der Waals surface area contributed by atoms with Crippen LogP contribution in [0.4, 0.5) is 0 Å². The molecule has 0 aliphatic rings. The van der Waals surface area contributed by atoms with Crippen LogP contribution in [0.3, 0.4) is 0 Å². The van der Waals surface area contributed by atoms with Crippen LogP contribution in [-0.4, -0.2) is 87.4 Å². The van der Waals surface area contributed by atoms with Gasteiger partial charge in [-0.15, -0.1) is 0 Å². The quantitative estimate of drug-likeness (QED) is 0.0211. The minimum atomic E-state index is -1.51. The smallest absolute Gasteiger partial charge is 0.361 e. The Morgan fingerprint density at radius 2 is 0.731 bits per heavy atom. The van der Waals surface area contributed by atoms with Crippen molar-refractivity contribution in [2.45, 2.75) is 315 Å². The number of quaternary nitrogens is 1. The summed E-state index contributed by atoms with van der Waals surface area (Å²) >= 11 is 0. The molecule has 1 N–H and O–H groups in total. The fourth-order valence-corrected chi connectivity index (χ4v) is 9.51. The number of nitrogens with zero attached hydrogens (tertiary/aromatic N) is 1. The first kappa shape index (κ1) is 75.0. The van der Waals surface area contributed by atoms with E-state index in [9.17, 15) is 19.5 Å². The summed E-state index contributed by atoms with van der Waals surface area (Å²) in [7, 11) is 5.98. The number of rotatable bonds is 61. The van der Waals surface area contributed by atoms with E-state index in [1.165, 1.54) is 205 Å². The number of carboxylic acid groups (broad SMARTS) is 1. The second-order valence-corrected chi connectivity index (χ2v) is 23.4. The summed E-state index contributed by atoms with van der Waals surface area (Å²) in [4.78, 5) is 37.6. The minimum Gasteiger partial charge on any atom is -0.477 e. The van der Waals surface area contributed by atoms with Crippen molar-refractivity contribution in [1.29, 1.82) is 0 Å². The lowest BCUT2D eigenvalue weighted by atomic mass is 10.0. The van der Waals surface area contributed by atoms with E-state index in [1.54, 1.807) is 0 Å². The molecule has 0 bridgehead atoms.